The monoisotopic (exact) mass is 249 g/mol. The number of carboxylic acids is 2. The number of benzene rings is 1. The molecule has 0 spiro atoms. The lowest BCUT2D eigenvalue weighted by molar-refractivity contribution is -0.132. The van der Waals surface area contributed by atoms with Gasteiger partial charge in [0.15, 0.2) is 0 Å². The van der Waals surface area contributed by atoms with Gasteiger partial charge in [-0.25, -0.2) is 9.59 Å². The summed E-state index contributed by atoms with van der Waals surface area (Å²) in [6.45, 7) is 1.29. The number of carbonyl (C=O) groups is 3. The summed E-state index contributed by atoms with van der Waals surface area (Å²) in [5.74, 6) is -2.93. The fourth-order valence-electron chi connectivity index (χ4n) is 1.17. The summed E-state index contributed by atoms with van der Waals surface area (Å²) in [7, 11) is 0. The van der Waals surface area contributed by atoms with Crippen molar-refractivity contribution in [2.45, 2.75) is 6.92 Å². The second-order valence-electron chi connectivity index (χ2n) is 3.51. The molecule has 0 aromatic heterocycles. The van der Waals surface area contributed by atoms with E-state index in [1.807, 2.05) is 0 Å². The molecule has 6 heteroatoms. The third kappa shape index (κ3) is 3.75. The van der Waals surface area contributed by atoms with Crippen molar-refractivity contribution < 1.29 is 24.6 Å². The van der Waals surface area contributed by atoms with Gasteiger partial charge >= 0.3 is 11.9 Å². The zero-order valence-electron chi connectivity index (χ0n) is 9.51. The minimum absolute atomic E-state index is 0.0340. The Kier molecular flexibility index (Phi) is 4.20. The normalized spacial score (nSPS) is 10.8. The van der Waals surface area contributed by atoms with Crippen molar-refractivity contribution in [3.8, 4) is 0 Å². The third-order valence-corrected chi connectivity index (χ3v) is 2.06. The Labute approximate surface area is 103 Å². The number of amides is 1. The maximum absolute atomic E-state index is 11.4. The molecule has 0 bridgehead atoms. The van der Waals surface area contributed by atoms with Crippen molar-refractivity contribution >= 4 is 23.5 Å². The number of hydrogen-bond acceptors (Lipinski definition) is 3. The number of carbonyl (C=O) groups excluding carboxylic acids is 1. The van der Waals surface area contributed by atoms with Gasteiger partial charge in [-0.2, -0.15) is 0 Å². The Hall–Kier alpha value is -2.63. The Bertz CT molecular complexity index is 533. The molecule has 18 heavy (non-hydrogen) atoms. The number of hydrogen-bond donors (Lipinski definition) is 3. The summed E-state index contributed by atoms with van der Waals surface area (Å²) >= 11 is 0. The zero-order chi connectivity index (χ0) is 13.7. The molecule has 0 aliphatic rings. The first kappa shape index (κ1) is 13.4. The molecule has 0 aliphatic heterocycles. The highest BCUT2D eigenvalue weighted by molar-refractivity contribution is 6.04. The largest absolute Gasteiger partial charge is 0.478 e. The highest BCUT2D eigenvalue weighted by Crippen LogP contribution is 2.10. The van der Waals surface area contributed by atoms with Crippen molar-refractivity contribution in [3.63, 3.8) is 0 Å². The summed E-state index contributed by atoms with van der Waals surface area (Å²) in [6, 6.07) is 5.65. The van der Waals surface area contributed by atoms with E-state index in [1.165, 1.54) is 31.2 Å². The quantitative estimate of drug-likeness (QED) is 0.699. The second kappa shape index (κ2) is 5.62. The average molecular weight is 249 g/mol. The number of carboxylic acid groups (broad SMARTS) is 2. The van der Waals surface area contributed by atoms with Crippen LogP contribution in [0.4, 0.5) is 5.69 Å². The van der Waals surface area contributed by atoms with E-state index in [9.17, 15) is 14.4 Å². The SMILES string of the molecule is C/C(=C\C(=O)Nc1cccc(C(=O)O)c1)C(=O)O. The van der Waals surface area contributed by atoms with Crippen molar-refractivity contribution in [1.29, 1.82) is 0 Å². The lowest BCUT2D eigenvalue weighted by Crippen LogP contribution is -2.11. The highest BCUT2D eigenvalue weighted by atomic mass is 16.4. The molecule has 1 rings (SSSR count). The average Bonchev–Trinajstić information content (AvgIpc) is 2.28. The second-order valence-corrected chi connectivity index (χ2v) is 3.51. The van der Waals surface area contributed by atoms with Gasteiger partial charge in [0.2, 0.25) is 5.91 Å². The molecule has 3 N–H and O–H groups in total. The van der Waals surface area contributed by atoms with Crippen molar-refractivity contribution in [1.82, 2.24) is 0 Å². The van der Waals surface area contributed by atoms with Crippen LogP contribution in [0.2, 0.25) is 0 Å². The maximum Gasteiger partial charge on any atom is 0.335 e. The van der Waals surface area contributed by atoms with Gasteiger partial charge in [0, 0.05) is 17.3 Å². The first-order chi connectivity index (χ1) is 8.40. The van der Waals surface area contributed by atoms with E-state index in [0.29, 0.717) is 0 Å². The highest BCUT2D eigenvalue weighted by Gasteiger charge is 2.06. The van der Waals surface area contributed by atoms with E-state index in [1.54, 1.807) is 0 Å². The number of aromatic carboxylic acids is 1. The van der Waals surface area contributed by atoms with Crippen LogP contribution in [0.15, 0.2) is 35.9 Å². The molecule has 0 aliphatic carbocycles. The number of rotatable bonds is 4. The van der Waals surface area contributed by atoms with Crippen LogP contribution < -0.4 is 5.32 Å². The molecule has 1 aromatic carbocycles. The Balaban J connectivity index is 2.82. The zero-order valence-corrected chi connectivity index (χ0v) is 9.51. The number of aliphatic carboxylic acids is 1. The van der Waals surface area contributed by atoms with E-state index in [-0.39, 0.29) is 16.8 Å². The van der Waals surface area contributed by atoms with Gasteiger partial charge in [-0.05, 0) is 25.1 Å². The van der Waals surface area contributed by atoms with Crippen LogP contribution in [0.25, 0.3) is 0 Å². The predicted molar refractivity (Wildman–Crippen MR) is 63.4 cm³/mol. The Morgan fingerprint density at radius 3 is 2.44 bits per heavy atom. The van der Waals surface area contributed by atoms with Gasteiger partial charge in [0.1, 0.15) is 0 Å². The summed E-state index contributed by atoms with van der Waals surface area (Å²) in [6.07, 6.45) is 0.926. The molecule has 94 valence electrons. The van der Waals surface area contributed by atoms with Crippen molar-refractivity contribution in [3.05, 3.63) is 41.5 Å². The molecule has 0 saturated heterocycles. The minimum Gasteiger partial charge on any atom is -0.478 e. The van der Waals surface area contributed by atoms with E-state index >= 15 is 0 Å². The van der Waals surface area contributed by atoms with Crippen LogP contribution in [0.5, 0.6) is 0 Å². The molecule has 0 fully saturated rings. The molecule has 1 amide bonds. The first-order valence-electron chi connectivity index (χ1n) is 4.96. The molecular weight excluding hydrogens is 238 g/mol. The lowest BCUT2D eigenvalue weighted by Gasteiger charge is -2.03. The molecular formula is C12H11NO5. The van der Waals surface area contributed by atoms with Crippen LogP contribution in [0, 0.1) is 0 Å². The topological polar surface area (TPSA) is 104 Å². The summed E-state index contributed by atoms with van der Waals surface area (Å²) < 4.78 is 0. The molecule has 0 unspecified atom stereocenters. The van der Waals surface area contributed by atoms with Crippen LogP contribution in [-0.4, -0.2) is 28.1 Å². The summed E-state index contributed by atoms with van der Waals surface area (Å²) in [4.78, 5) is 32.6. The molecule has 0 heterocycles. The smallest absolute Gasteiger partial charge is 0.335 e. The van der Waals surface area contributed by atoms with Gasteiger partial charge in [0.25, 0.3) is 0 Å². The van der Waals surface area contributed by atoms with Gasteiger partial charge in [-0.3, -0.25) is 4.79 Å². The molecule has 6 nitrogen and oxygen atoms in total. The molecule has 0 saturated carbocycles. The maximum atomic E-state index is 11.4. The lowest BCUT2D eigenvalue weighted by atomic mass is 10.2. The molecule has 0 atom stereocenters. The first-order valence-corrected chi connectivity index (χ1v) is 4.96. The molecule has 1 aromatic rings. The van der Waals surface area contributed by atoms with Crippen LogP contribution in [0.1, 0.15) is 17.3 Å². The molecule has 0 radical (unpaired) electrons. The summed E-state index contributed by atoms with van der Waals surface area (Å²) in [5.41, 5.74) is 0.211. The van der Waals surface area contributed by atoms with E-state index in [2.05, 4.69) is 5.32 Å². The van der Waals surface area contributed by atoms with Crippen LogP contribution in [0.3, 0.4) is 0 Å². The van der Waals surface area contributed by atoms with E-state index in [4.69, 9.17) is 10.2 Å². The third-order valence-electron chi connectivity index (χ3n) is 2.06. The Morgan fingerprint density at radius 2 is 1.89 bits per heavy atom. The van der Waals surface area contributed by atoms with Crippen LogP contribution in [-0.2, 0) is 9.59 Å². The number of anilines is 1. The van der Waals surface area contributed by atoms with Crippen LogP contribution >= 0.6 is 0 Å². The standard InChI is InChI=1S/C12H11NO5/c1-7(11(15)16)5-10(14)13-9-4-2-3-8(6-9)12(17)18/h2-6H,1H3,(H,13,14)(H,15,16)(H,17,18)/b7-5+. The summed E-state index contributed by atoms with van der Waals surface area (Å²) in [5, 5.41) is 19.7. The fraction of sp³-hybridized carbons (Fsp3) is 0.0833. The van der Waals surface area contributed by atoms with Gasteiger partial charge in [0.05, 0.1) is 5.56 Å². The Morgan fingerprint density at radius 1 is 1.22 bits per heavy atom. The fourth-order valence-corrected chi connectivity index (χ4v) is 1.17. The van der Waals surface area contributed by atoms with Crippen molar-refractivity contribution in [2.75, 3.05) is 5.32 Å². The van der Waals surface area contributed by atoms with Gasteiger partial charge in [-0.1, -0.05) is 6.07 Å². The minimum atomic E-state index is -1.19. The van der Waals surface area contributed by atoms with Crippen molar-refractivity contribution in [2.24, 2.45) is 0 Å². The van der Waals surface area contributed by atoms with E-state index in [0.717, 1.165) is 6.08 Å². The predicted octanol–water partition coefficient (Wildman–Crippen LogP) is 1.35. The van der Waals surface area contributed by atoms with E-state index < -0.39 is 17.8 Å². The number of nitrogens with one attached hydrogen (secondary N) is 1. The van der Waals surface area contributed by atoms with Gasteiger partial charge < -0.3 is 15.5 Å². The van der Waals surface area contributed by atoms with Gasteiger partial charge in [-0.15, -0.1) is 0 Å².